The number of aromatic nitrogens is 5. The van der Waals surface area contributed by atoms with E-state index >= 15 is 0 Å². The Balaban J connectivity index is 1.60. The third-order valence-electron chi connectivity index (χ3n) is 5.20. The van der Waals surface area contributed by atoms with Gasteiger partial charge in [0.25, 0.3) is 11.3 Å². The number of hydrogen-bond acceptors (Lipinski definition) is 5. The second kappa shape index (κ2) is 6.09. The van der Waals surface area contributed by atoms with Gasteiger partial charge in [0.15, 0.2) is 5.82 Å². The van der Waals surface area contributed by atoms with Crippen molar-refractivity contribution in [3.8, 4) is 0 Å². The fraction of sp³-hybridized carbons (Fsp3) is 0.368. The van der Waals surface area contributed by atoms with Gasteiger partial charge >= 0.3 is 0 Å². The van der Waals surface area contributed by atoms with Gasteiger partial charge < -0.3 is 8.98 Å². The minimum atomic E-state index is -0.108. The summed E-state index contributed by atoms with van der Waals surface area (Å²) >= 11 is 0. The lowest BCUT2D eigenvalue weighted by Gasteiger charge is -2.17. The topological polar surface area (TPSA) is 78.2 Å². The summed E-state index contributed by atoms with van der Waals surface area (Å²) < 4.78 is 8.67. The van der Waals surface area contributed by atoms with E-state index in [2.05, 4.69) is 15.1 Å². The Labute approximate surface area is 149 Å². The molecule has 132 valence electrons. The van der Waals surface area contributed by atoms with Crippen molar-refractivity contribution in [2.75, 3.05) is 0 Å². The Bertz CT molecular complexity index is 1120. The zero-order chi connectivity index (χ0) is 17.5. The quantitative estimate of drug-likeness (QED) is 0.568. The first-order chi connectivity index (χ1) is 12.8. The second-order valence-electron chi connectivity index (χ2n) is 6.90. The lowest BCUT2D eigenvalue weighted by molar-refractivity contribution is 0.429. The van der Waals surface area contributed by atoms with Gasteiger partial charge in [-0.2, -0.15) is 9.50 Å². The van der Waals surface area contributed by atoms with E-state index in [0.29, 0.717) is 23.6 Å². The molecule has 1 aliphatic carbocycles. The molecule has 0 aromatic carbocycles. The molecule has 1 fully saturated rings. The van der Waals surface area contributed by atoms with Gasteiger partial charge in [-0.05, 0) is 31.0 Å². The van der Waals surface area contributed by atoms with E-state index in [1.807, 2.05) is 18.2 Å². The van der Waals surface area contributed by atoms with Gasteiger partial charge in [0.2, 0.25) is 0 Å². The van der Waals surface area contributed by atoms with Crippen molar-refractivity contribution >= 4 is 16.7 Å². The van der Waals surface area contributed by atoms with Crippen LogP contribution >= 0.6 is 0 Å². The van der Waals surface area contributed by atoms with Gasteiger partial charge in [-0.15, -0.1) is 5.10 Å². The highest BCUT2D eigenvalue weighted by Crippen LogP contribution is 2.31. The molecule has 0 bridgehead atoms. The molecular formula is C19H19N5O2. The van der Waals surface area contributed by atoms with Crippen molar-refractivity contribution in [1.29, 1.82) is 0 Å². The molecule has 26 heavy (non-hydrogen) atoms. The third kappa shape index (κ3) is 2.51. The molecule has 0 atom stereocenters. The average molecular weight is 349 g/mol. The lowest BCUT2D eigenvalue weighted by atomic mass is 9.89. The summed E-state index contributed by atoms with van der Waals surface area (Å²) in [5.74, 6) is 2.55. The van der Waals surface area contributed by atoms with Gasteiger partial charge in [-0.1, -0.05) is 19.3 Å². The maximum absolute atomic E-state index is 12.8. The first-order valence-corrected chi connectivity index (χ1v) is 9.07. The number of pyridine rings is 1. The standard InChI is InChI=1S/C19H19N5O2/c25-18-15-11-20-19-21-17(13-5-2-1-3-6-13)22-24(19)16(15)8-9-23(18)12-14-7-4-10-26-14/h4,7-11,13H,1-3,5-6,12H2. The summed E-state index contributed by atoms with van der Waals surface area (Å²) in [6, 6.07) is 5.56. The van der Waals surface area contributed by atoms with Gasteiger partial charge in [-0.3, -0.25) is 4.79 Å². The smallest absolute Gasteiger partial charge is 0.261 e. The molecule has 4 aromatic rings. The minimum absolute atomic E-state index is 0.108. The summed E-state index contributed by atoms with van der Waals surface area (Å²) in [5.41, 5.74) is 0.633. The Kier molecular flexibility index (Phi) is 3.58. The van der Waals surface area contributed by atoms with Crippen LogP contribution in [-0.4, -0.2) is 24.1 Å². The van der Waals surface area contributed by atoms with E-state index in [1.54, 1.807) is 27.7 Å². The summed E-state index contributed by atoms with van der Waals surface area (Å²) in [4.78, 5) is 21.8. The predicted octanol–water partition coefficient (Wildman–Crippen LogP) is 3.13. The highest BCUT2D eigenvalue weighted by Gasteiger charge is 2.21. The van der Waals surface area contributed by atoms with Crippen LogP contribution in [0.1, 0.15) is 49.6 Å². The monoisotopic (exact) mass is 349 g/mol. The van der Waals surface area contributed by atoms with Crippen molar-refractivity contribution in [2.45, 2.75) is 44.6 Å². The predicted molar refractivity (Wildman–Crippen MR) is 96.2 cm³/mol. The van der Waals surface area contributed by atoms with Crippen LogP contribution in [0, 0.1) is 0 Å². The van der Waals surface area contributed by atoms with E-state index < -0.39 is 0 Å². The van der Waals surface area contributed by atoms with Crippen LogP contribution < -0.4 is 5.56 Å². The van der Waals surface area contributed by atoms with Gasteiger partial charge in [0, 0.05) is 18.3 Å². The summed E-state index contributed by atoms with van der Waals surface area (Å²) in [6.45, 7) is 0.393. The number of hydrogen-bond donors (Lipinski definition) is 0. The van der Waals surface area contributed by atoms with Crippen LogP contribution in [0.25, 0.3) is 16.7 Å². The van der Waals surface area contributed by atoms with E-state index in [4.69, 9.17) is 4.42 Å². The van der Waals surface area contributed by atoms with Crippen molar-refractivity contribution < 1.29 is 4.42 Å². The Hall–Kier alpha value is -2.96. The van der Waals surface area contributed by atoms with Crippen molar-refractivity contribution in [2.24, 2.45) is 0 Å². The highest BCUT2D eigenvalue weighted by atomic mass is 16.3. The molecule has 0 N–H and O–H groups in total. The molecule has 0 radical (unpaired) electrons. The van der Waals surface area contributed by atoms with Crippen LogP contribution in [0.2, 0.25) is 0 Å². The normalized spacial score (nSPS) is 15.8. The highest BCUT2D eigenvalue weighted by molar-refractivity contribution is 5.78. The first-order valence-electron chi connectivity index (χ1n) is 9.07. The van der Waals surface area contributed by atoms with Gasteiger partial charge in [0.05, 0.1) is 23.7 Å². The third-order valence-corrected chi connectivity index (χ3v) is 5.20. The summed E-state index contributed by atoms with van der Waals surface area (Å²) in [7, 11) is 0. The molecule has 0 spiro atoms. The molecule has 1 aliphatic rings. The summed E-state index contributed by atoms with van der Waals surface area (Å²) in [6.07, 6.45) is 11.0. The Morgan fingerprint density at radius 2 is 2.08 bits per heavy atom. The number of furan rings is 1. The van der Waals surface area contributed by atoms with Crippen molar-refractivity contribution in [1.82, 2.24) is 24.1 Å². The minimum Gasteiger partial charge on any atom is -0.467 e. The molecule has 7 heteroatoms. The molecule has 0 saturated heterocycles. The van der Waals surface area contributed by atoms with Crippen molar-refractivity contribution in [3.63, 3.8) is 0 Å². The van der Waals surface area contributed by atoms with Crippen LogP contribution in [0.5, 0.6) is 0 Å². The second-order valence-corrected chi connectivity index (χ2v) is 6.90. The Morgan fingerprint density at radius 1 is 1.19 bits per heavy atom. The molecule has 1 saturated carbocycles. The molecule has 7 nitrogen and oxygen atoms in total. The largest absolute Gasteiger partial charge is 0.467 e. The number of fused-ring (bicyclic) bond motifs is 3. The fourth-order valence-electron chi connectivity index (χ4n) is 3.80. The van der Waals surface area contributed by atoms with E-state index in [-0.39, 0.29) is 5.56 Å². The Morgan fingerprint density at radius 3 is 2.88 bits per heavy atom. The number of nitrogens with zero attached hydrogens (tertiary/aromatic N) is 5. The van der Waals surface area contributed by atoms with E-state index in [1.165, 1.54) is 19.3 Å². The van der Waals surface area contributed by atoms with E-state index in [0.717, 1.165) is 29.9 Å². The van der Waals surface area contributed by atoms with Crippen LogP contribution in [0.3, 0.4) is 0 Å². The first kappa shape index (κ1) is 15.3. The SMILES string of the molecule is O=c1c2cnc3nc(C4CCCCC4)nn3c2ccn1Cc1ccco1. The van der Waals surface area contributed by atoms with Crippen LogP contribution in [-0.2, 0) is 6.54 Å². The maximum atomic E-state index is 12.8. The molecule has 0 amide bonds. The van der Waals surface area contributed by atoms with Gasteiger partial charge in [0.1, 0.15) is 5.76 Å². The summed E-state index contributed by atoms with van der Waals surface area (Å²) in [5, 5.41) is 5.22. The molecule has 0 unspecified atom stereocenters. The van der Waals surface area contributed by atoms with Crippen molar-refractivity contribution in [3.05, 3.63) is 58.8 Å². The van der Waals surface area contributed by atoms with Crippen LogP contribution in [0.15, 0.2) is 46.1 Å². The number of rotatable bonds is 3. The van der Waals surface area contributed by atoms with Gasteiger partial charge in [-0.25, -0.2) is 4.98 Å². The average Bonchev–Trinajstić information content (AvgIpc) is 3.34. The maximum Gasteiger partial charge on any atom is 0.261 e. The molecule has 4 aromatic heterocycles. The van der Waals surface area contributed by atoms with E-state index in [9.17, 15) is 4.79 Å². The molecule has 5 rings (SSSR count). The molecular weight excluding hydrogens is 330 g/mol. The molecule has 0 aliphatic heterocycles. The lowest BCUT2D eigenvalue weighted by Crippen LogP contribution is -2.20. The zero-order valence-corrected chi connectivity index (χ0v) is 14.3. The fourth-order valence-corrected chi connectivity index (χ4v) is 3.80. The van der Waals surface area contributed by atoms with Crippen LogP contribution in [0.4, 0.5) is 0 Å². The molecule has 4 heterocycles. The zero-order valence-electron chi connectivity index (χ0n) is 14.3.